The van der Waals surface area contributed by atoms with Gasteiger partial charge in [0, 0.05) is 30.3 Å². The van der Waals surface area contributed by atoms with Crippen LogP contribution in [0.15, 0.2) is 5.38 Å². The van der Waals surface area contributed by atoms with E-state index in [4.69, 9.17) is 5.73 Å². The van der Waals surface area contributed by atoms with Crippen LogP contribution < -0.4 is 11.1 Å². The van der Waals surface area contributed by atoms with Gasteiger partial charge in [0.1, 0.15) is 0 Å². The number of carbonyl (C=O) groups is 1. The third kappa shape index (κ3) is 3.92. The normalized spacial score (nSPS) is 23.0. The molecule has 1 aliphatic rings. The first kappa shape index (κ1) is 15.2. The summed E-state index contributed by atoms with van der Waals surface area (Å²) in [6.07, 6.45) is -1.79. The lowest BCUT2D eigenvalue weighted by Gasteiger charge is -2.09. The monoisotopic (exact) mass is 307 g/mol. The molecule has 2 atom stereocenters. The second-order valence-electron chi connectivity index (χ2n) is 4.94. The average molecular weight is 307 g/mol. The van der Waals surface area contributed by atoms with Crippen LogP contribution >= 0.6 is 11.3 Å². The molecule has 1 aliphatic carbocycles. The third-order valence-electron chi connectivity index (χ3n) is 3.32. The van der Waals surface area contributed by atoms with Crippen LogP contribution in [0, 0.1) is 5.92 Å². The molecule has 0 aromatic carbocycles. The van der Waals surface area contributed by atoms with Gasteiger partial charge in [0.25, 0.3) is 0 Å². The van der Waals surface area contributed by atoms with Gasteiger partial charge in [-0.15, -0.1) is 11.3 Å². The summed E-state index contributed by atoms with van der Waals surface area (Å²) in [4.78, 5) is 15.3. The maximum absolute atomic E-state index is 12.4. The Hall–Kier alpha value is -1.15. The highest BCUT2D eigenvalue weighted by atomic mass is 32.1. The topological polar surface area (TPSA) is 68.0 Å². The van der Waals surface area contributed by atoms with Crippen LogP contribution in [0.25, 0.3) is 0 Å². The lowest BCUT2D eigenvalue weighted by atomic mass is 10.1. The molecule has 1 saturated carbocycles. The molecule has 1 aromatic rings. The minimum atomic E-state index is -4.40. The first-order chi connectivity index (χ1) is 9.36. The van der Waals surface area contributed by atoms with Crippen molar-refractivity contribution in [2.45, 2.75) is 37.9 Å². The Morgan fingerprint density at radius 3 is 2.80 bits per heavy atom. The van der Waals surface area contributed by atoms with Crippen LogP contribution in [0.3, 0.4) is 0 Å². The van der Waals surface area contributed by atoms with Gasteiger partial charge in [-0.3, -0.25) is 4.79 Å². The van der Waals surface area contributed by atoms with E-state index in [-0.39, 0.29) is 17.9 Å². The minimum absolute atomic E-state index is 0.0629. The number of nitrogens with two attached hydrogens (primary N) is 1. The zero-order valence-corrected chi connectivity index (χ0v) is 11.6. The van der Waals surface area contributed by atoms with Gasteiger partial charge in [0.15, 0.2) is 5.69 Å². The lowest BCUT2D eigenvalue weighted by Crippen LogP contribution is -2.31. The quantitative estimate of drug-likeness (QED) is 0.893. The van der Waals surface area contributed by atoms with Crippen molar-refractivity contribution >= 4 is 17.2 Å². The van der Waals surface area contributed by atoms with Gasteiger partial charge in [-0.1, -0.05) is 0 Å². The summed E-state index contributed by atoms with van der Waals surface area (Å²) in [5, 5.41) is 4.10. The van der Waals surface area contributed by atoms with Crippen LogP contribution in [-0.2, 0) is 17.4 Å². The van der Waals surface area contributed by atoms with Crippen LogP contribution in [-0.4, -0.2) is 23.5 Å². The number of alkyl halides is 3. The molecule has 1 heterocycles. The zero-order chi connectivity index (χ0) is 14.8. The lowest BCUT2D eigenvalue weighted by molar-refractivity contribution is -0.140. The average Bonchev–Trinajstić information content (AvgIpc) is 2.97. The summed E-state index contributed by atoms with van der Waals surface area (Å²) in [6, 6.07) is 0.0825. The SMILES string of the molecule is NC1CCC(C(=O)NCCc2nc(C(F)(F)F)cs2)C1. The van der Waals surface area contributed by atoms with E-state index in [0.717, 1.165) is 29.6 Å². The molecule has 1 amide bonds. The van der Waals surface area contributed by atoms with Crippen molar-refractivity contribution < 1.29 is 18.0 Å². The van der Waals surface area contributed by atoms with Gasteiger partial charge in [-0.25, -0.2) is 4.98 Å². The van der Waals surface area contributed by atoms with Gasteiger partial charge in [-0.05, 0) is 19.3 Å². The van der Waals surface area contributed by atoms with Gasteiger partial charge < -0.3 is 11.1 Å². The number of nitrogens with one attached hydrogen (secondary N) is 1. The van der Waals surface area contributed by atoms with Gasteiger partial charge in [0.05, 0.1) is 5.01 Å². The number of halogens is 3. The molecule has 0 saturated heterocycles. The molecule has 0 bridgehead atoms. The van der Waals surface area contributed by atoms with Gasteiger partial charge in [0.2, 0.25) is 5.91 Å². The largest absolute Gasteiger partial charge is 0.434 e. The summed E-state index contributed by atoms with van der Waals surface area (Å²) in [5.41, 5.74) is 4.86. The Balaban J connectivity index is 1.76. The zero-order valence-electron chi connectivity index (χ0n) is 10.7. The molecular weight excluding hydrogens is 291 g/mol. The molecule has 0 radical (unpaired) electrons. The second-order valence-corrected chi connectivity index (χ2v) is 5.88. The minimum Gasteiger partial charge on any atom is -0.355 e. The number of amides is 1. The van der Waals surface area contributed by atoms with Crippen LogP contribution in [0.5, 0.6) is 0 Å². The first-order valence-corrected chi connectivity index (χ1v) is 7.29. The molecular formula is C12H16F3N3OS. The number of hydrogen-bond donors (Lipinski definition) is 2. The maximum Gasteiger partial charge on any atom is 0.434 e. The Labute approximate surface area is 118 Å². The molecule has 0 spiro atoms. The van der Waals surface area contributed by atoms with Gasteiger partial charge in [-0.2, -0.15) is 13.2 Å². The Bertz CT molecular complexity index is 475. The summed E-state index contributed by atoms with van der Waals surface area (Å²) < 4.78 is 37.1. The Morgan fingerprint density at radius 1 is 1.50 bits per heavy atom. The smallest absolute Gasteiger partial charge is 0.355 e. The molecule has 3 N–H and O–H groups in total. The van der Waals surface area contributed by atoms with E-state index >= 15 is 0 Å². The van der Waals surface area contributed by atoms with Crippen molar-refractivity contribution in [3.8, 4) is 0 Å². The molecule has 20 heavy (non-hydrogen) atoms. The van der Waals surface area contributed by atoms with Gasteiger partial charge >= 0.3 is 6.18 Å². The number of carbonyl (C=O) groups excluding carboxylic acids is 1. The van der Waals surface area contributed by atoms with E-state index in [0.29, 0.717) is 24.4 Å². The van der Waals surface area contributed by atoms with E-state index in [9.17, 15) is 18.0 Å². The molecule has 1 fully saturated rings. The van der Waals surface area contributed by atoms with Crippen LogP contribution in [0.4, 0.5) is 13.2 Å². The standard InChI is InChI=1S/C12H16F3N3OS/c13-12(14,15)9-6-20-10(18-9)3-4-17-11(19)7-1-2-8(16)5-7/h6-8H,1-5,16H2,(H,17,19). The van der Waals surface area contributed by atoms with Crippen molar-refractivity contribution in [1.29, 1.82) is 0 Å². The first-order valence-electron chi connectivity index (χ1n) is 6.41. The predicted molar refractivity (Wildman–Crippen MR) is 69.1 cm³/mol. The highest BCUT2D eigenvalue weighted by Gasteiger charge is 2.33. The molecule has 2 rings (SSSR count). The van der Waals surface area contributed by atoms with Crippen molar-refractivity contribution in [1.82, 2.24) is 10.3 Å². The number of rotatable bonds is 4. The number of thiazole rings is 1. The summed E-state index contributed by atoms with van der Waals surface area (Å²) >= 11 is 0.958. The molecule has 8 heteroatoms. The molecule has 1 aromatic heterocycles. The van der Waals surface area contributed by atoms with Crippen molar-refractivity contribution in [3.05, 3.63) is 16.1 Å². The highest BCUT2D eigenvalue weighted by molar-refractivity contribution is 7.09. The summed E-state index contributed by atoms with van der Waals surface area (Å²) in [7, 11) is 0. The van der Waals surface area contributed by atoms with E-state index in [1.165, 1.54) is 0 Å². The van der Waals surface area contributed by atoms with E-state index < -0.39 is 11.9 Å². The Kier molecular flexibility index (Phi) is 4.64. The van der Waals surface area contributed by atoms with Crippen LogP contribution in [0.1, 0.15) is 30.0 Å². The summed E-state index contributed by atoms with van der Waals surface area (Å²) in [5.74, 6) is -0.127. The Morgan fingerprint density at radius 2 is 2.25 bits per heavy atom. The second kappa shape index (κ2) is 6.09. The van der Waals surface area contributed by atoms with Crippen molar-refractivity contribution in [2.24, 2.45) is 11.7 Å². The van der Waals surface area contributed by atoms with Crippen LogP contribution in [0.2, 0.25) is 0 Å². The van der Waals surface area contributed by atoms with Crippen molar-refractivity contribution in [3.63, 3.8) is 0 Å². The van der Waals surface area contributed by atoms with E-state index in [2.05, 4.69) is 10.3 Å². The van der Waals surface area contributed by atoms with Crippen molar-refractivity contribution in [2.75, 3.05) is 6.54 Å². The van der Waals surface area contributed by atoms with E-state index in [1.807, 2.05) is 0 Å². The molecule has 0 aliphatic heterocycles. The molecule has 112 valence electrons. The molecule has 2 unspecified atom stereocenters. The number of nitrogens with zero attached hydrogens (tertiary/aromatic N) is 1. The fourth-order valence-electron chi connectivity index (χ4n) is 2.25. The number of hydrogen-bond acceptors (Lipinski definition) is 4. The fraction of sp³-hybridized carbons (Fsp3) is 0.667. The predicted octanol–water partition coefficient (Wildman–Crippen LogP) is 1.95. The number of aromatic nitrogens is 1. The maximum atomic E-state index is 12.4. The third-order valence-corrected chi connectivity index (χ3v) is 4.23. The molecule has 4 nitrogen and oxygen atoms in total. The summed E-state index contributed by atoms with van der Waals surface area (Å²) in [6.45, 7) is 0.301. The van der Waals surface area contributed by atoms with E-state index in [1.54, 1.807) is 0 Å². The fourth-order valence-corrected chi connectivity index (χ4v) is 3.05. The highest BCUT2D eigenvalue weighted by Crippen LogP contribution is 2.30.